The monoisotopic (exact) mass is 785 g/mol. The van der Waals surface area contributed by atoms with Crippen molar-refractivity contribution in [2.75, 3.05) is 0 Å². The third-order valence-electron chi connectivity index (χ3n) is 12.5. The van der Waals surface area contributed by atoms with E-state index in [9.17, 15) is 0 Å². The van der Waals surface area contributed by atoms with Crippen LogP contribution in [0, 0.1) is 6.92 Å². The van der Waals surface area contributed by atoms with Crippen molar-refractivity contribution in [3.8, 4) is 50.2 Å². The number of rotatable bonds is 8. The lowest BCUT2D eigenvalue weighted by Crippen LogP contribution is -2.03. The molecular formula is C58H43NS. The van der Waals surface area contributed by atoms with E-state index in [1.165, 1.54) is 109 Å². The van der Waals surface area contributed by atoms with Crippen LogP contribution in [0.25, 0.3) is 92.2 Å². The van der Waals surface area contributed by atoms with Crippen LogP contribution < -0.4 is 0 Å². The molecule has 1 atom stereocenters. The van der Waals surface area contributed by atoms with E-state index in [2.05, 4.69) is 225 Å². The molecule has 0 bridgehead atoms. The van der Waals surface area contributed by atoms with Crippen molar-refractivity contribution < 1.29 is 0 Å². The molecule has 0 aliphatic heterocycles. The molecular weight excluding hydrogens is 743 g/mol. The van der Waals surface area contributed by atoms with Gasteiger partial charge < -0.3 is 4.57 Å². The van der Waals surface area contributed by atoms with E-state index in [0.717, 1.165) is 6.42 Å². The number of aryl methyl sites for hydroxylation is 1. The average Bonchev–Trinajstić information content (AvgIpc) is 3.86. The van der Waals surface area contributed by atoms with Gasteiger partial charge in [-0.05, 0) is 129 Å². The lowest BCUT2D eigenvalue weighted by molar-refractivity contribution is 0.780. The SMILES string of the molecule is CCC(c1cc(-c2cccc(-c3ccccc3)c2)c2sc3ccccc3c2c1)c1ccccc1-c1cc(-c2cccc3c2c2ccccc2n3-c2ccccc2)ccc1C. The summed E-state index contributed by atoms with van der Waals surface area (Å²) in [5, 5.41) is 5.22. The Bertz CT molecular complexity index is 3370. The lowest BCUT2D eigenvalue weighted by Gasteiger charge is -2.23. The number of hydrogen-bond donors (Lipinski definition) is 0. The molecule has 2 heteroatoms. The second-order valence-corrected chi connectivity index (χ2v) is 17.0. The maximum absolute atomic E-state index is 2.50. The topological polar surface area (TPSA) is 4.93 Å². The fourth-order valence-corrected chi connectivity index (χ4v) is 10.9. The molecule has 0 aliphatic carbocycles. The zero-order valence-corrected chi connectivity index (χ0v) is 34.6. The van der Waals surface area contributed by atoms with Crippen molar-refractivity contribution in [2.45, 2.75) is 26.2 Å². The molecule has 0 radical (unpaired) electrons. The maximum atomic E-state index is 2.50. The molecule has 0 spiro atoms. The van der Waals surface area contributed by atoms with Crippen LogP contribution in [0.5, 0.6) is 0 Å². The third kappa shape index (κ3) is 6.06. The predicted octanol–water partition coefficient (Wildman–Crippen LogP) is 16.7. The van der Waals surface area contributed by atoms with Crippen molar-refractivity contribution in [1.82, 2.24) is 4.57 Å². The number of para-hydroxylation sites is 2. The molecule has 0 N–H and O–H groups in total. The van der Waals surface area contributed by atoms with Crippen molar-refractivity contribution in [3.05, 3.63) is 223 Å². The van der Waals surface area contributed by atoms with E-state index in [0.29, 0.717) is 0 Å². The number of aromatic nitrogens is 1. The van der Waals surface area contributed by atoms with Crippen LogP contribution >= 0.6 is 11.3 Å². The maximum Gasteiger partial charge on any atom is 0.0547 e. The highest BCUT2D eigenvalue weighted by Crippen LogP contribution is 2.46. The Kier molecular flexibility index (Phi) is 9.02. The van der Waals surface area contributed by atoms with E-state index in [1.807, 2.05) is 11.3 Å². The minimum atomic E-state index is 0.190. The van der Waals surface area contributed by atoms with Gasteiger partial charge in [-0.25, -0.2) is 0 Å². The summed E-state index contributed by atoms with van der Waals surface area (Å²) < 4.78 is 5.08. The minimum Gasteiger partial charge on any atom is -0.309 e. The number of nitrogens with zero attached hydrogens (tertiary/aromatic N) is 1. The van der Waals surface area contributed by atoms with E-state index >= 15 is 0 Å². The van der Waals surface area contributed by atoms with Gasteiger partial charge in [0.2, 0.25) is 0 Å². The van der Waals surface area contributed by atoms with Crippen LogP contribution in [-0.4, -0.2) is 4.57 Å². The van der Waals surface area contributed by atoms with Crippen molar-refractivity contribution >= 4 is 53.3 Å². The second kappa shape index (κ2) is 15.0. The number of benzene rings is 9. The minimum absolute atomic E-state index is 0.190. The Labute approximate surface area is 355 Å². The summed E-state index contributed by atoms with van der Waals surface area (Å²) >= 11 is 1.91. The highest BCUT2D eigenvalue weighted by Gasteiger charge is 2.23. The van der Waals surface area contributed by atoms with Gasteiger partial charge in [0.25, 0.3) is 0 Å². The Morgan fingerprint density at radius 1 is 0.450 bits per heavy atom. The molecule has 2 aromatic heterocycles. The number of thiophene rings is 1. The fraction of sp³-hybridized carbons (Fsp3) is 0.0690. The summed E-state index contributed by atoms with van der Waals surface area (Å²) in [6.45, 7) is 4.61. The van der Waals surface area contributed by atoms with Gasteiger partial charge in [0, 0.05) is 42.6 Å². The molecule has 1 unspecified atom stereocenters. The van der Waals surface area contributed by atoms with Crippen molar-refractivity contribution in [3.63, 3.8) is 0 Å². The van der Waals surface area contributed by atoms with Crippen LogP contribution in [0.1, 0.15) is 36.0 Å². The quantitative estimate of drug-likeness (QED) is 0.145. The van der Waals surface area contributed by atoms with Gasteiger partial charge >= 0.3 is 0 Å². The van der Waals surface area contributed by atoms with E-state index in [1.54, 1.807) is 0 Å². The van der Waals surface area contributed by atoms with Gasteiger partial charge in [0.1, 0.15) is 0 Å². The van der Waals surface area contributed by atoms with Gasteiger partial charge in [0.05, 0.1) is 11.0 Å². The largest absolute Gasteiger partial charge is 0.309 e. The van der Waals surface area contributed by atoms with E-state index < -0.39 is 0 Å². The first-order chi connectivity index (χ1) is 29.6. The molecule has 0 amide bonds. The summed E-state index contributed by atoms with van der Waals surface area (Å²) in [5.74, 6) is 0.190. The summed E-state index contributed by atoms with van der Waals surface area (Å²) in [5.41, 5.74) is 17.7. The van der Waals surface area contributed by atoms with Gasteiger partial charge in [0.15, 0.2) is 0 Å². The molecule has 2 heterocycles. The molecule has 9 aromatic carbocycles. The average molecular weight is 786 g/mol. The molecule has 60 heavy (non-hydrogen) atoms. The Morgan fingerprint density at radius 3 is 1.95 bits per heavy atom. The molecule has 0 fully saturated rings. The second-order valence-electron chi connectivity index (χ2n) is 16.0. The third-order valence-corrected chi connectivity index (χ3v) is 13.7. The number of hydrogen-bond acceptors (Lipinski definition) is 1. The zero-order valence-electron chi connectivity index (χ0n) is 33.8. The molecule has 0 saturated carbocycles. The first-order valence-corrected chi connectivity index (χ1v) is 21.8. The normalized spacial score (nSPS) is 12.2. The summed E-state index contributed by atoms with van der Waals surface area (Å²) in [7, 11) is 0. The Balaban J connectivity index is 1.08. The van der Waals surface area contributed by atoms with Gasteiger partial charge in [-0.1, -0.05) is 159 Å². The molecule has 11 aromatic rings. The summed E-state index contributed by atoms with van der Waals surface area (Å²) in [6.07, 6.45) is 0.977. The smallest absolute Gasteiger partial charge is 0.0547 e. The number of fused-ring (bicyclic) bond motifs is 6. The van der Waals surface area contributed by atoms with Crippen LogP contribution in [0.4, 0.5) is 0 Å². The van der Waals surface area contributed by atoms with Gasteiger partial charge in [-0.15, -0.1) is 11.3 Å². The van der Waals surface area contributed by atoms with E-state index in [-0.39, 0.29) is 5.92 Å². The van der Waals surface area contributed by atoms with Crippen molar-refractivity contribution in [1.29, 1.82) is 0 Å². The summed E-state index contributed by atoms with van der Waals surface area (Å²) in [4.78, 5) is 0. The highest BCUT2D eigenvalue weighted by molar-refractivity contribution is 7.26. The zero-order chi connectivity index (χ0) is 40.2. The molecule has 1 nitrogen and oxygen atoms in total. The summed E-state index contributed by atoms with van der Waals surface area (Å²) in [6, 6.07) is 76.3. The van der Waals surface area contributed by atoms with Crippen molar-refractivity contribution in [2.24, 2.45) is 0 Å². The van der Waals surface area contributed by atoms with E-state index in [4.69, 9.17) is 0 Å². The van der Waals surface area contributed by atoms with Crippen LogP contribution in [0.15, 0.2) is 206 Å². The Morgan fingerprint density at radius 2 is 1.10 bits per heavy atom. The molecule has 286 valence electrons. The predicted molar refractivity (Wildman–Crippen MR) is 259 cm³/mol. The molecule has 11 rings (SSSR count). The van der Waals surface area contributed by atoms with Crippen LogP contribution in [-0.2, 0) is 0 Å². The lowest BCUT2D eigenvalue weighted by atomic mass is 9.81. The van der Waals surface area contributed by atoms with Gasteiger partial charge in [-0.2, -0.15) is 0 Å². The molecule has 0 aliphatic rings. The first kappa shape index (κ1) is 36.1. The standard InChI is InChI=1S/C58H43NS/c1-3-45(43-36-52(58-53(37-43)49-26-13-15-31-56(49)60-58)41-21-16-20-40(34-41)39-18-6-4-7-19-39)47-24-10-11-25-48(47)51-35-42(33-32-38(51)2)46-28-17-30-55-57(46)50-27-12-14-29-54(50)59(55)44-22-8-5-9-23-44/h4-37,45H,3H2,1-2H3. The fourth-order valence-electron chi connectivity index (χ4n) is 9.64. The first-order valence-electron chi connectivity index (χ1n) is 21.0. The molecule has 0 saturated heterocycles. The highest BCUT2D eigenvalue weighted by atomic mass is 32.1. The Hall–Kier alpha value is -7.00. The van der Waals surface area contributed by atoms with Gasteiger partial charge in [-0.3, -0.25) is 0 Å². The van der Waals surface area contributed by atoms with Crippen LogP contribution in [0.3, 0.4) is 0 Å². The van der Waals surface area contributed by atoms with Crippen LogP contribution in [0.2, 0.25) is 0 Å².